The van der Waals surface area contributed by atoms with Crippen molar-refractivity contribution in [2.75, 3.05) is 0 Å². The first-order chi connectivity index (χ1) is 10.6. The van der Waals surface area contributed by atoms with Crippen molar-refractivity contribution in [3.63, 3.8) is 0 Å². The van der Waals surface area contributed by atoms with Gasteiger partial charge in [0.2, 0.25) is 11.9 Å². The van der Waals surface area contributed by atoms with Crippen LogP contribution in [-0.4, -0.2) is 29.0 Å². The molecule has 4 N–H and O–H groups in total. The highest BCUT2D eigenvalue weighted by Crippen LogP contribution is 2.24. The van der Waals surface area contributed by atoms with Crippen LogP contribution in [0.5, 0.6) is 5.75 Å². The van der Waals surface area contributed by atoms with Crippen LogP contribution in [0.1, 0.15) is 19.4 Å². The fraction of sp³-hybridized carbons (Fsp3) is 0.385. The number of benzene rings is 1. The van der Waals surface area contributed by atoms with Crippen molar-refractivity contribution in [2.24, 2.45) is 21.5 Å². The van der Waals surface area contributed by atoms with Crippen LogP contribution in [0.25, 0.3) is 0 Å². The SMILES string of the molecule is CC1(C)N=C(N)N=C(N)N1OCc1ccc(OC(F)(F)F)cc1. The maximum atomic E-state index is 12.1. The first-order valence-corrected chi connectivity index (χ1v) is 6.54. The van der Waals surface area contributed by atoms with Crippen LogP contribution in [0.3, 0.4) is 0 Å². The van der Waals surface area contributed by atoms with Gasteiger partial charge >= 0.3 is 6.36 Å². The molecule has 7 nitrogen and oxygen atoms in total. The Morgan fingerprint density at radius 3 is 2.30 bits per heavy atom. The van der Waals surface area contributed by atoms with E-state index in [4.69, 9.17) is 16.3 Å². The summed E-state index contributed by atoms with van der Waals surface area (Å²) in [5.41, 5.74) is 11.0. The summed E-state index contributed by atoms with van der Waals surface area (Å²) >= 11 is 0. The summed E-state index contributed by atoms with van der Waals surface area (Å²) in [7, 11) is 0. The Kier molecular flexibility index (Phi) is 4.37. The van der Waals surface area contributed by atoms with Gasteiger partial charge in [-0.05, 0) is 31.5 Å². The molecule has 0 saturated heterocycles. The second-order valence-corrected chi connectivity index (χ2v) is 5.19. The highest BCUT2D eigenvalue weighted by Gasteiger charge is 2.33. The molecular weight excluding hydrogens is 315 g/mol. The molecule has 23 heavy (non-hydrogen) atoms. The number of aliphatic imine (C=N–C) groups is 2. The minimum atomic E-state index is -4.72. The maximum Gasteiger partial charge on any atom is 0.573 e. The molecule has 1 aromatic rings. The van der Waals surface area contributed by atoms with Crippen molar-refractivity contribution in [1.29, 1.82) is 0 Å². The second kappa shape index (κ2) is 5.95. The standard InChI is InChI=1S/C13H16F3N5O2/c1-12(2)20-10(17)19-11(18)21(12)22-7-8-3-5-9(6-4-8)23-13(14,15)16/h3-6H,7H2,1-2H3,(H4,17,18,19,20). The van der Waals surface area contributed by atoms with E-state index in [-0.39, 0.29) is 24.3 Å². The van der Waals surface area contributed by atoms with Crippen molar-refractivity contribution in [2.45, 2.75) is 32.5 Å². The van der Waals surface area contributed by atoms with Gasteiger partial charge in [0, 0.05) is 0 Å². The van der Waals surface area contributed by atoms with Gasteiger partial charge < -0.3 is 16.2 Å². The summed E-state index contributed by atoms with van der Waals surface area (Å²) in [6.45, 7) is 3.50. The van der Waals surface area contributed by atoms with Crippen LogP contribution in [0, 0.1) is 0 Å². The van der Waals surface area contributed by atoms with Crippen molar-refractivity contribution < 1.29 is 22.7 Å². The van der Waals surface area contributed by atoms with Gasteiger partial charge in [-0.1, -0.05) is 12.1 Å². The molecule has 126 valence electrons. The summed E-state index contributed by atoms with van der Waals surface area (Å²) in [5.74, 6) is -0.224. The molecule has 0 unspecified atom stereocenters. The number of nitrogens with zero attached hydrogens (tertiary/aromatic N) is 3. The molecule has 0 aromatic heterocycles. The van der Waals surface area contributed by atoms with E-state index in [1.807, 2.05) is 0 Å². The first kappa shape index (κ1) is 16.9. The average molecular weight is 331 g/mol. The second-order valence-electron chi connectivity index (χ2n) is 5.19. The van der Waals surface area contributed by atoms with Crippen molar-refractivity contribution in [3.05, 3.63) is 29.8 Å². The first-order valence-electron chi connectivity index (χ1n) is 6.54. The fourth-order valence-corrected chi connectivity index (χ4v) is 1.94. The topological polar surface area (TPSA) is 98.5 Å². The lowest BCUT2D eigenvalue weighted by Crippen LogP contribution is -2.53. The van der Waals surface area contributed by atoms with Gasteiger partial charge in [-0.25, -0.2) is 4.99 Å². The highest BCUT2D eigenvalue weighted by atomic mass is 19.4. The van der Waals surface area contributed by atoms with Gasteiger partial charge in [-0.3, -0.25) is 4.84 Å². The molecule has 0 fully saturated rings. The Morgan fingerprint density at radius 2 is 1.78 bits per heavy atom. The van der Waals surface area contributed by atoms with Crippen LogP contribution >= 0.6 is 0 Å². The molecule has 1 aromatic carbocycles. The Bertz CT molecular complexity index is 625. The van der Waals surface area contributed by atoms with Gasteiger partial charge in [0.1, 0.15) is 12.4 Å². The molecule has 0 amide bonds. The molecule has 0 radical (unpaired) electrons. The van der Waals surface area contributed by atoms with E-state index < -0.39 is 12.0 Å². The lowest BCUT2D eigenvalue weighted by Gasteiger charge is -2.36. The van der Waals surface area contributed by atoms with Crippen molar-refractivity contribution >= 4 is 11.9 Å². The van der Waals surface area contributed by atoms with Gasteiger partial charge in [0.15, 0.2) is 5.66 Å². The molecule has 10 heteroatoms. The Balaban J connectivity index is 2.00. The monoisotopic (exact) mass is 331 g/mol. The van der Waals surface area contributed by atoms with E-state index in [0.717, 1.165) is 0 Å². The number of alkyl halides is 3. The van der Waals surface area contributed by atoms with Crippen LogP contribution in [0.4, 0.5) is 13.2 Å². The molecule has 2 rings (SSSR count). The lowest BCUT2D eigenvalue weighted by molar-refractivity contribution is -0.274. The van der Waals surface area contributed by atoms with E-state index in [0.29, 0.717) is 5.56 Å². The third-order valence-corrected chi connectivity index (χ3v) is 2.84. The zero-order chi connectivity index (χ0) is 17.3. The minimum Gasteiger partial charge on any atom is -0.406 e. The normalized spacial score (nSPS) is 17.5. The number of guanidine groups is 2. The molecule has 0 saturated carbocycles. The van der Waals surface area contributed by atoms with Crippen molar-refractivity contribution in [3.8, 4) is 5.75 Å². The number of hydroxylamine groups is 2. The number of rotatable bonds is 4. The Labute approximate surface area is 130 Å². The molecular formula is C13H16F3N5O2. The molecule has 0 aliphatic carbocycles. The van der Waals surface area contributed by atoms with E-state index in [2.05, 4.69) is 14.7 Å². The van der Waals surface area contributed by atoms with Crippen LogP contribution < -0.4 is 16.2 Å². The van der Waals surface area contributed by atoms with Crippen LogP contribution in [0.2, 0.25) is 0 Å². The summed E-state index contributed by atoms with van der Waals surface area (Å²) in [6.07, 6.45) is -4.72. The smallest absolute Gasteiger partial charge is 0.406 e. The fourth-order valence-electron chi connectivity index (χ4n) is 1.94. The molecule has 1 heterocycles. The van der Waals surface area contributed by atoms with E-state index in [9.17, 15) is 13.2 Å². The predicted molar refractivity (Wildman–Crippen MR) is 77.1 cm³/mol. The molecule has 1 aliphatic rings. The number of ether oxygens (including phenoxy) is 1. The summed E-state index contributed by atoms with van der Waals surface area (Å²) in [6, 6.07) is 5.29. The lowest BCUT2D eigenvalue weighted by atomic mass is 10.2. The number of nitrogens with two attached hydrogens (primary N) is 2. The zero-order valence-corrected chi connectivity index (χ0v) is 12.5. The minimum absolute atomic E-state index is 0.0412. The van der Waals surface area contributed by atoms with E-state index in [1.165, 1.54) is 29.3 Å². The van der Waals surface area contributed by atoms with Gasteiger partial charge in [-0.2, -0.15) is 10.1 Å². The van der Waals surface area contributed by atoms with Gasteiger partial charge in [0.25, 0.3) is 0 Å². The maximum absolute atomic E-state index is 12.1. The largest absolute Gasteiger partial charge is 0.573 e. The number of hydrogen-bond acceptors (Lipinski definition) is 7. The number of halogens is 3. The Hall–Kier alpha value is -2.49. The third kappa shape index (κ3) is 4.49. The van der Waals surface area contributed by atoms with Crippen LogP contribution in [-0.2, 0) is 11.4 Å². The van der Waals surface area contributed by atoms with Gasteiger partial charge in [0.05, 0.1) is 0 Å². The van der Waals surface area contributed by atoms with Crippen LogP contribution in [0.15, 0.2) is 34.3 Å². The average Bonchev–Trinajstić information content (AvgIpc) is 2.36. The molecule has 1 aliphatic heterocycles. The Morgan fingerprint density at radius 1 is 1.17 bits per heavy atom. The predicted octanol–water partition coefficient (Wildman–Crippen LogP) is 1.70. The number of hydrogen-bond donors (Lipinski definition) is 2. The van der Waals surface area contributed by atoms with Crippen molar-refractivity contribution in [1.82, 2.24) is 5.06 Å². The summed E-state index contributed by atoms with van der Waals surface area (Å²) in [4.78, 5) is 13.4. The van der Waals surface area contributed by atoms with Gasteiger partial charge in [-0.15, -0.1) is 13.2 Å². The van der Waals surface area contributed by atoms with E-state index >= 15 is 0 Å². The quantitative estimate of drug-likeness (QED) is 0.875. The summed E-state index contributed by atoms with van der Waals surface area (Å²) in [5, 5.41) is 1.28. The highest BCUT2D eigenvalue weighted by molar-refractivity contribution is 5.95. The zero-order valence-electron chi connectivity index (χ0n) is 12.5. The third-order valence-electron chi connectivity index (χ3n) is 2.84. The summed E-state index contributed by atoms with van der Waals surface area (Å²) < 4.78 is 40.1. The molecule has 0 atom stereocenters. The van der Waals surface area contributed by atoms with E-state index in [1.54, 1.807) is 13.8 Å². The molecule has 0 bridgehead atoms. The molecule has 0 spiro atoms.